The molecule has 0 saturated carbocycles. The van der Waals surface area contributed by atoms with Gasteiger partial charge in [-0.25, -0.2) is 0 Å². The maximum atomic E-state index is 3.44. The summed E-state index contributed by atoms with van der Waals surface area (Å²) in [5.74, 6) is 0. The number of hydrogen-bond donors (Lipinski definition) is 2. The standard InChI is InChI=1S/C11H25N3/c1-4-12-9-11(2,3)10-14-7-5-13-6-8-14/h12-13H,4-10H2,1-3H3. The predicted octanol–water partition coefficient (Wildman–Crippen LogP) is 0.527. The summed E-state index contributed by atoms with van der Waals surface area (Å²) in [5, 5.41) is 6.82. The molecule has 0 aromatic rings. The highest BCUT2D eigenvalue weighted by molar-refractivity contribution is 4.78. The highest BCUT2D eigenvalue weighted by Crippen LogP contribution is 2.15. The molecule has 1 heterocycles. The van der Waals surface area contributed by atoms with Crippen molar-refractivity contribution in [3.63, 3.8) is 0 Å². The van der Waals surface area contributed by atoms with Crippen molar-refractivity contribution in [3.05, 3.63) is 0 Å². The number of piperazine rings is 1. The Bertz CT molecular complexity index is 151. The van der Waals surface area contributed by atoms with Gasteiger partial charge < -0.3 is 15.5 Å². The van der Waals surface area contributed by atoms with Gasteiger partial charge in [-0.3, -0.25) is 0 Å². The molecule has 1 aliphatic heterocycles. The van der Waals surface area contributed by atoms with Gasteiger partial charge in [-0.15, -0.1) is 0 Å². The van der Waals surface area contributed by atoms with E-state index in [4.69, 9.17) is 0 Å². The lowest BCUT2D eigenvalue weighted by atomic mass is 9.92. The molecule has 0 aromatic carbocycles. The smallest absolute Gasteiger partial charge is 0.0108 e. The predicted molar refractivity (Wildman–Crippen MR) is 61.6 cm³/mol. The third-order valence-electron chi connectivity index (χ3n) is 2.71. The molecule has 2 N–H and O–H groups in total. The molecule has 84 valence electrons. The fourth-order valence-corrected chi connectivity index (χ4v) is 1.99. The van der Waals surface area contributed by atoms with E-state index in [9.17, 15) is 0 Å². The van der Waals surface area contributed by atoms with Crippen molar-refractivity contribution in [3.8, 4) is 0 Å². The lowest BCUT2D eigenvalue weighted by Crippen LogP contribution is -2.48. The summed E-state index contributed by atoms with van der Waals surface area (Å²) >= 11 is 0. The van der Waals surface area contributed by atoms with Crippen molar-refractivity contribution in [2.24, 2.45) is 5.41 Å². The SMILES string of the molecule is CCNCC(C)(C)CN1CCNCC1. The van der Waals surface area contributed by atoms with Crippen molar-refractivity contribution in [1.82, 2.24) is 15.5 Å². The van der Waals surface area contributed by atoms with Gasteiger partial charge in [0.15, 0.2) is 0 Å². The first-order valence-electron chi connectivity index (χ1n) is 5.78. The Morgan fingerprint density at radius 1 is 1.29 bits per heavy atom. The number of rotatable bonds is 5. The quantitative estimate of drug-likeness (QED) is 0.676. The summed E-state index contributed by atoms with van der Waals surface area (Å²) < 4.78 is 0. The van der Waals surface area contributed by atoms with Crippen LogP contribution in [0.3, 0.4) is 0 Å². The van der Waals surface area contributed by atoms with E-state index in [2.05, 4.69) is 36.3 Å². The van der Waals surface area contributed by atoms with Crippen LogP contribution in [0.25, 0.3) is 0 Å². The highest BCUT2D eigenvalue weighted by atomic mass is 15.2. The lowest BCUT2D eigenvalue weighted by Gasteiger charge is -2.35. The van der Waals surface area contributed by atoms with Crippen molar-refractivity contribution < 1.29 is 0 Å². The molecule has 0 aromatic heterocycles. The summed E-state index contributed by atoms with van der Waals surface area (Å²) in [4.78, 5) is 2.56. The van der Waals surface area contributed by atoms with Gasteiger partial charge in [0, 0.05) is 39.3 Å². The largest absolute Gasteiger partial charge is 0.316 e. The van der Waals surface area contributed by atoms with E-state index in [1.54, 1.807) is 0 Å². The van der Waals surface area contributed by atoms with Gasteiger partial charge in [-0.1, -0.05) is 20.8 Å². The van der Waals surface area contributed by atoms with Crippen molar-refractivity contribution in [2.75, 3.05) is 45.8 Å². The van der Waals surface area contributed by atoms with E-state index in [-0.39, 0.29) is 0 Å². The molecule has 0 amide bonds. The molecule has 1 rings (SSSR count). The van der Waals surface area contributed by atoms with Crippen LogP contribution in [0.15, 0.2) is 0 Å². The topological polar surface area (TPSA) is 27.3 Å². The molecule has 3 heteroatoms. The molecule has 0 atom stereocenters. The number of nitrogens with one attached hydrogen (secondary N) is 2. The van der Waals surface area contributed by atoms with Crippen LogP contribution in [-0.4, -0.2) is 50.7 Å². The van der Waals surface area contributed by atoms with E-state index >= 15 is 0 Å². The molecular weight excluding hydrogens is 174 g/mol. The maximum Gasteiger partial charge on any atom is 0.0108 e. The first kappa shape index (κ1) is 12.0. The first-order valence-corrected chi connectivity index (χ1v) is 5.78. The third kappa shape index (κ3) is 4.40. The minimum atomic E-state index is 0.396. The normalized spacial score (nSPS) is 19.9. The van der Waals surface area contributed by atoms with Crippen LogP contribution in [0.1, 0.15) is 20.8 Å². The molecule has 0 spiro atoms. The van der Waals surface area contributed by atoms with Crippen molar-refractivity contribution >= 4 is 0 Å². The van der Waals surface area contributed by atoms with E-state index in [0.29, 0.717) is 5.41 Å². The average molecular weight is 199 g/mol. The zero-order valence-corrected chi connectivity index (χ0v) is 9.90. The van der Waals surface area contributed by atoms with Crippen molar-refractivity contribution in [1.29, 1.82) is 0 Å². The Morgan fingerprint density at radius 3 is 2.50 bits per heavy atom. The molecule has 1 fully saturated rings. The van der Waals surface area contributed by atoms with Crippen LogP contribution < -0.4 is 10.6 Å². The van der Waals surface area contributed by atoms with Gasteiger partial charge in [-0.05, 0) is 12.0 Å². The number of hydrogen-bond acceptors (Lipinski definition) is 3. The van der Waals surface area contributed by atoms with Crippen LogP contribution in [-0.2, 0) is 0 Å². The van der Waals surface area contributed by atoms with Gasteiger partial charge in [0.25, 0.3) is 0 Å². The minimum Gasteiger partial charge on any atom is -0.316 e. The zero-order chi connectivity index (χ0) is 10.4. The summed E-state index contributed by atoms with van der Waals surface area (Å²) in [7, 11) is 0. The Kier molecular flexibility index (Phi) is 4.85. The van der Waals surface area contributed by atoms with E-state index in [1.807, 2.05) is 0 Å². The van der Waals surface area contributed by atoms with Crippen LogP contribution in [0, 0.1) is 5.41 Å². The second-order valence-corrected chi connectivity index (χ2v) is 4.97. The fraction of sp³-hybridized carbons (Fsp3) is 1.00. The van der Waals surface area contributed by atoms with E-state index in [1.165, 1.54) is 19.6 Å². The summed E-state index contributed by atoms with van der Waals surface area (Å²) in [5.41, 5.74) is 0.396. The van der Waals surface area contributed by atoms with Gasteiger partial charge in [0.05, 0.1) is 0 Å². The Morgan fingerprint density at radius 2 is 1.93 bits per heavy atom. The van der Waals surface area contributed by atoms with Crippen LogP contribution in [0.5, 0.6) is 0 Å². The molecule has 1 aliphatic rings. The van der Waals surface area contributed by atoms with Gasteiger partial charge in [0.1, 0.15) is 0 Å². The van der Waals surface area contributed by atoms with Crippen molar-refractivity contribution in [2.45, 2.75) is 20.8 Å². The Balaban J connectivity index is 2.25. The summed E-state index contributed by atoms with van der Waals surface area (Å²) in [6.07, 6.45) is 0. The molecule has 14 heavy (non-hydrogen) atoms. The summed E-state index contributed by atoms with van der Waals surface area (Å²) in [6, 6.07) is 0. The molecule has 3 nitrogen and oxygen atoms in total. The fourth-order valence-electron chi connectivity index (χ4n) is 1.99. The zero-order valence-electron chi connectivity index (χ0n) is 9.90. The Hall–Kier alpha value is -0.120. The molecule has 0 bridgehead atoms. The minimum absolute atomic E-state index is 0.396. The first-order chi connectivity index (χ1) is 6.64. The van der Waals surface area contributed by atoms with Gasteiger partial charge in [0.2, 0.25) is 0 Å². The number of nitrogens with zero attached hydrogens (tertiary/aromatic N) is 1. The molecule has 0 radical (unpaired) electrons. The maximum absolute atomic E-state index is 3.44. The van der Waals surface area contributed by atoms with Crippen LogP contribution >= 0.6 is 0 Å². The van der Waals surface area contributed by atoms with Gasteiger partial charge >= 0.3 is 0 Å². The van der Waals surface area contributed by atoms with Gasteiger partial charge in [-0.2, -0.15) is 0 Å². The molecule has 0 aliphatic carbocycles. The molecule has 1 saturated heterocycles. The second kappa shape index (κ2) is 5.69. The average Bonchev–Trinajstić information content (AvgIpc) is 2.16. The van der Waals surface area contributed by atoms with Crippen LogP contribution in [0.4, 0.5) is 0 Å². The molecular formula is C11H25N3. The Labute approximate surface area is 88.2 Å². The molecule has 0 unspecified atom stereocenters. The lowest BCUT2D eigenvalue weighted by molar-refractivity contribution is 0.159. The monoisotopic (exact) mass is 199 g/mol. The van der Waals surface area contributed by atoms with Crippen LogP contribution in [0.2, 0.25) is 0 Å². The second-order valence-electron chi connectivity index (χ2n) is 4.97. The van der Waals surface area contributed by atoms with E-state index in [0.717, 1.165) is 26.2 Å². The highest BCUT2D eigenvalue weighted by Gasteiger charge is 2.22. The van der Waals surface area contributed by atoms with E-state index < -0.39 is 0 Å². The third-order valence-corrected chi connectivity index (χ3v) is 2.71. The summed E-state index contributed by atoms with van der Waals surface area (Å²) in [6.45, 7) is 15.0.